The second-order valence-corrected chi connectivity index (χ2v) is 4.28. The average Bonchev–Trinajstić information content (AvgIpc) is 2.29. The molecule has 0 bridgehead atoms. The predicted octanol–water partition coefficient (Wildman–Crippen LogP) is 2.89. The number of hydrogen-bond acceptors (Lipinski definition) is 3. The van der Waals surface area contributed by atoms with E-state index in [-0.39, 0.29) is 10.6 Å². The number of rotatable bonds is 2. The quantitative estimate of drug-likeness (QED) is 0.568. The molecule has 4 heteroatoms. The first-order valence-corrected chi connectivity index (χ1v) is 5.68. The molecule has 0 saturated carbocycles. The third-order valence-corrected chi connectivity index (χ3v) is 3.10. The summed E-state index contributed by atoms with van der Waals surface area (Å²) in [6.07, 6.45) is 3.73. The fraction of sp³-hybridized carbons (Fsp3) is 0.500. The van der Waals surface area contributed by atoms with Crippen molar-refractivity contribution in [3.63, 3.8) is 0 Å². The molecular formula is C12H16N2O2. The summed E-state index contributed by atoms with van der Waals surface area (Å²) >= 11 is 0. The van der Waals surface area contributed by atoms with Gasteiger partial charge in [-0.25, -0.2) is 0 Å². The molecule has 1 saturated heterocycles. The fourth-order valence-corrected chi connectivity index (χ4v) is 2.19. The monoisotopic (exact) mass is 220 g/mol. The topological polar surface area (TPSA) is 46.4 Å². The number of nitrogens with zero attached hydrogens (tertiary/aromatic N) is 2. The molecule has 4 nitrogen and oxygen atoms in total. The minimum atomic E-state index is -0.324. The molecule has 86 valence electrons. The van der Waals surface area contributed by atoms with E-state index in [1.807, 2.05) is 12.1 Å². The Balaban J connectivity index is 2.23. The number of piperidine rings is 1. The first-order chi connectivity index (χ1) is 7.68. The maximum atomic E-state index is 10.7. The lowest BCUT2D eigenvalue weighted by Crippen LogP contribution is -2.29. The van der Waals surface area contributed by atoms with E-state index in [1.165, 1.54) is 19.3 Å². The van der Waals surface area contributed by atoms with Crippen LogP contribution in [0.2, 0.25) is 0 Å². The zero-order valence-electron chi connectivity index (χ0n) is 9.48. The molecular weight excluding hydrogens is 204 g/mol. The number of aryl methyl sites for hydroxylation is 1. The largest absolute Gasteiger partial charge is 0.372 e. The highest BCUT2D eigenvalue weighted by Gasteiger charge is 2.15. The van der Waals surface area contributed by atoms with Gasteiger partial charge in [0.2, 0.25) is 0 Å². The molecule has 0 unspecified atom stereocenters. The van der Waals surface area contributed by atoms with Crippen LogP contribution in [0.4, 0.5) is 11.4 Å². The molecule has 0 aliphatic carbocycles. The van der Waals surface area contributed by atoms with Crippen LogP contribution in [0.1, 0.15) is 24.8 Å². The zero-order chi connectivity index (χ0) is 11.5. The summed E-state index contributed by atoms with van der Waals surface area (Å²) in [6.45, 7) is 3.93. The Bertz CT molecular complexity index is 398. The van der Waals surface area contributed by atoms with Gasteiger partial charge < -0.3 is 4.90 Å². The number of hydrogen-bond donors (Lipinski definition) is 0. The van der Waals surface area contributed by atoms with E-state index < -0.39 is 0 Å². The van der Waals surface area contributed by atoms with E-state index in [4.69, 9.17) is 0 Å². The number of nitro groups is 1. The summed E-state index contributed by atoms with van der Waals surface area (Å²) in [4.78, 5) is 12.7. The van der Waals surface area contributed by atoms with Gasteiger partial charge in [-0.1, -0.05) is 0 Å². The summed E-state index contributed by atoms with van der Waals surface area (Å²) in [7, 11) is 0. The molecule has 1 heterocycles. The smallest absolute Gasteiger partial charge is 0.272 e. The molecule has 1 aromatic carbocycles. The van der Waals surface area contributed by atoms with Crippen LogP contribution in [0, 0.1) is 17.0 Å². The first kappa shape index (κ1) is 10.9. The minimum absolute atomic E-state index is 0.209. The highest BCUT2D eigenvalue weighted by atomic mass is 16.6. The van der Waals surface area contributed by atoms with Gasteiger partial charge in [-0.15, -0.1) is 0 Å². The van der Waals surface area contributed by atoms with Crippen molar-refractivity contribution in [1.82, 2.24) is 0 Å². The van der Waals surface area contributed by atoms with E-state index >= 15 is 0 Å². The molecule has 16 heavy (non-hydrogen) atoms. The standard InChI is InChI=1S/C12H16N2O2/c1-10-9-11(5-6-12(10)14(15)16)13-7-3-2-4-8-13/h5-6,9H,2-4,7-8H2,1H3. The summed E-state index contributed by atoms with van der Waals surface area (Å²) < 4.78 is 0. The molecule has 0 aromatic heterocycles. The van der Waals surface area contributed by atoms with E-state index in [0.29, 0.717) is 0 Å². The molecule has 0 radical (unpaired) electrons. The SMILES string of the molecule is Cc1cc(N2CCCCC2)ccc1[N+](=O)[O-]. The lowest BCUT2D eigenvalue weighted by Gasteiger charge is -2.28. The molecule has 1 aliphatic rings. The molecule has 0 spiro atoms. The number of benzene rings is 1. The van der Waals surface area contributed by atoms with Crippen molar-refractivity contribution in [3.8, 4) is 0 Å². The van der Waals surface area contributed by atoms with Gasteiger partial charge in [0, 0.05) is 30.4 Å². The second kappa shape index (κ2) is 4.51. The summed E-state index contributed by atoms with van der Waals surface area (Å²) in [5.74, 6) is 0. The maximum Gasteiger partial charge on any atom is 0.272 e. The lowest BCUT2D eigenvalue weighted by molar-refractivity contribution is -0.385. The van der Waals surface area contributed by atoms with Crippen molar-refractivity contribution in [3.05, 3.63) is 33.9 Å². The summed E-state index contributed by atoms with van der Waals surface area (Å²) in [5, 5.41) is 10.7. The van der Waals surface area contributed by atoms with Crippen LogP contribution >= 0.6 is 0 Å². The van der Waals surface area contributed by atoms with Crippen molar-refractivity contribution >= 4 is 11.4 Å². The fourth-order valence-electron chi connectivity index (χ4n) is 2.19. The van der Waals surface area contributed by atoms with E-state index in [9.17, 15) is 10.1 Å². The van der Waals surface area contributed by atoms with Gasteiger partial charge in [0.15, 0.2) is 0 Å². The van der Waals surface area contributed by atoms with Crippen molar-refractivity contribution < 1.29 is 4.92 Å². The third kappa shape index (κ3) is 2.15. The molecule has 0 N–H and O–H groups in total. The second-order valence-electron chi connectivity index (χ2n) is 4.28. The van der Waals surface area contributed by atoms with Crippen LogP contribution in [-0.4, -0.2) is 18.0 Å². The first-order valence-electron chi connectivity index (χ1n) is 5.68. The van der Waals surface area contributed by atoms with E-state index in [1.54, 1.807) is 13.0 Å². The van der Waals surface area contributed by atoms with Gasteiger partial charge in [-0.05, 0) is 38.3 Å². The number of nitro benzene ring substituents is 1. The van der Waals surface area contributed by atoms with Gasteiger partial charge >= 0.3 is 0 Å². The predicted molar refractivity (Wildman–Crippen MR) is 63.9 cm³/mol. The van der Waals surface area contributed by atoms with Crippen LogP contribution in [0.3, 0.4) is 0 Å². The van der Waals surface area contributed by atoms with E-state index in [0.717, 1.165) is 24.3 Å². The molecule has 2 rings (SSSR count). The summed E-state index contributed by atoms with van der Waals surface area (Å²) in [5.41, 5.74) is 2.07. The molecule has 1 aliphatic heterocycles. The van der Waals surface area contributed by atoms with Crippen molar-refractivity contribution in [1.29, 1.82) is 0 Å². The molecule has 1 aromatic rings. The Morgan fingerprint density at radius 1 is 1.25 bits per heavy atom. The highest BCUT2D eigenvalue weighted by molar-refractivity contribution is 5.55. The third-order valence-electron chi connectivity index (χ3n) is 3.10. The van der Waals surface area contributed by atoms with Gasteiger partial charge in [0.1, 0.15) is 0 Å². The Hall–Kier alpha value is -1.58. The van der Waals surface area contributed by atoms with Gasteiger partial charge in [0.25, 0.3) is 5.69 Å². The Morgan fingerprint density at radius 2 is 1.94 bits per heavy atom. The maximum absolute atomic E-state index is 10.7. The van der Waals surface area contributed by atoms with Gasteiger partial charge in [-0.2, -0.15) is 0 Å². The molecule has 0 amide bonds. The molecule has 1 fully saturated rings. The van der Waals surface area contributed by atoms with Crippen molar-refractivity contribution in [2.45, 2.75) is 26.2 Å². The van der Waals surface area contributed by atoms with Crippen LogP contribution in [0.5, 0.6) is 0 Å². The highest BCUT2D eigenvalue weighted by Crippen LogP contribution is 2.26. The van der Waals surface area contributed by atoms with Crippen LogP contribution < -0.4 is 4.90 Å². The zero-order valence-corrected chi connectivity index (χ0v) is 9.48. The minimum Gasteiger partial charge on any atom is -0.372 e. The van der Waals surface area contributed by atoms with Gasteiger partial charge in [0.05, 0.1) is 4.92 Å². The van der Waals surface area contributed by atoms with Crippen LogP contribution in [0.25, 0.3) is 0 Å². The van der Waals surface area contributed by atoms with Crippen LogP contribution in [-0.2, 0) is 0 Å². The Kier molecular flexibility index (Phi) is 3.08. The summed E-state index contributed by atoms with van der Waals surface area (Å²) in [6, 6.07) is 5.39. The normalized spacial score (nSPS) is 16.2. The van der Waals surface area contributed by atoms with Crippen molar-refractivity contribution in [2.24, 2.45) is 0 Å². The van der Waals surface area contributed by atoms with Gasteiger partial charge in [-0.3, -0.25) is 10.1 Å². The average molecular weight is 220 g/mol. The molecule has 0 atom stereocenters. The van der Waals surface area contributed by atoms with Crippen molar-refractivity contribution in [2.75, 3.05) is 18.0 Å². The van der Waals surface area contributed by atoms with Crippen LogP contribution in [0.15, 0.2) is 18.2 Å². The van der Waals surface area contributed by atoms with E-state index in [2.05, 4.69) is 4.90 Å². The lowest BCUT2D eigenvalue weighted by atomic mass is 10.1. The Morgan fingerprint density at radius 3 is 2.50 bits per heavy atom. The number of anilines is 1. The Labute approximate surface area is 95.0 Å².